The Hall–Kier alpha value is -4.13. The number of nitrogens with zero attached hydrogens (tertiary/aromatic N) is 5. The molecule has 0 aliphatic rings. The number of rotatable bonds is 6. The number of fused-ring (bicyclic) bond motifs is 1. The van der Waals surface area contributed by atoms with E-state index >= 15 is 4.39 Å². The highest BCUT2D eigenvalue weighted by molar-refractivity contribution is 6.29. The highest BCUT2D eigenvalue weighted by atomic mass is 35.5. The van der Waals surface area contributed by atoms with Crippen molar-refractivity contribution in [1.29, 1.82) is 0 Å². The number of anilines is 1. The van der Waals surface area contributed by atoms with Gasteiger partial charge in [0.1, 0.15) is 28.7 Å². The molecule has 10 nitrogen and oxygen atoms in total. The molecule has 0 aliphatic carbocycles. The summed E-state index contributed by atoms with van der Waals surface area (Å²) >= 11 is 5.46. The fourth-order valence-electron chi connectivity index (χ4n) is 3.64. The van der Waals surface area contributed by atoms with Gasteiger partial charge in [0, 0.05) is 35.9 Å². The molecule has 0 unspecified atom stereocenters. The van der Waals surface area contributed by atoms with E-state index < -0.39 is 47.2 Å². The number of amides is 1. The number of hydrogen-bond donors (Lipinski definition) is 1. The number of benzene rings is 1. The maximum Gasteiger partial charge on any atom is 0.435 e. The van der Waals surface area contributed by atoms with Gasteiger partial charge in [-0.15, -0.1) is 11.6 Å². The Morgan fingerprint density at radius 1 is 1.18 bits per heavy atom. The molecule has 14 heteroatoms. The van der Waals surface area contributed by atoms with Crippen LogP contribution in [-0.4, -0.2) is 54.6 Å². The van der Waals surface area contributed by atoms with E-state index in [4.69, 9.17) is 16.3 Å². The molecule has 0 saturated heterocycles. The highest BCUT2D eigenvalue weighted by Crippen LogP contribution is 2.38. The number of nitrogens with one attached hydrogen (secondary N) is 1. The maximum absolute atomic E-state index is 15.3. The molecule has 3 heterocycles. The summed E-state index contributed by atoms with van der Waals surface area (Å²) in [7, 11) is 1.69. The Labute approximate surface area is 219 Å². The minimum absolute atomic E-state index is 0.0882. The molecule has 4 rings (SSSR count). The van der Waals surface area contributed by atoms with Gasteiger partial charge in [0.25, 0.3) is 0 Å². The van der Waals surface area contributed by atoms with Crippen molar-refractivity contribution in [2.45, 2.75) is 33.0 Å². The second kappa shape index (κ2) is 10.3. The summed E-state index contributed by atoms with van der Waals surface area (Å²) in [6, 6.07) is 3.35. The summed E-state index contributed by atoms with van der Waals surface area (Å²) in [4.78, 5) is 28.7. The molecule has 1 amide bonds. The van der Waals surface area contributed by atoms with E-state index in [-0.39, 0.29) is 16.9 Å². The van der Waals surface area contributed by atoms with Crippen molar-refractivity contribution in [1.82, 2.24) is 24.5 Å². The molecular formula is C24H22ClF3N6O4. The monoisotopic (exact) mass is 550 g/mol. The lowest BCUT2D eigenvalue weighted by Crippen LogP contribution is -2.27. The lowest BCUT2D eigenvalue weighted by atomic mass is 10.1. The van der Waals surface area contributed by atoms with Gasteiger partial charge in [0.2, 0.25) is 5.91 Å². The molecule has 0 aliphatic heterocycles. The van der Waals surface area contributed by atoms with Crippen molar-refractivity contribution in [3.63, 3.8) is 0 Å². The Kier molecular flexibility index (Phi) is 7.31. The summed E-state index contributed by atoms with van der Waals surface area (Å²) in [6.45, 7) is 1.79. The van der Waals surface area contributed by atoms with Crippen molar-refractivity contribution in [3.8, 4) is 28.3 Å². The first-order valence-electron chi connectivity index (χ1n) is 11.1. The number of hydrogen-bond acceptors (Lipinski definition) is 7. The van der Waals surface area contributed by atoms with Crippen molar-refractivity contribution < 1.29 is 32.2 Å². The third-order valence-corrected chi connectivity index (χ3v) is 5.29. The van der Waals surface area contributed by atoms with Crippen LogP contribution >= 0.6 is 11.6 Å². The van der Waals surface area contributed by atoms with Crippen molar-refractivity contribution >= 4 is 40.2 Å². The topological polar surface area (TPSA) is 113 Å². The van der Waals surface area contributed by atoms with Crippen LogP contribution in [0, 0.1) is 5.82 Å². The zero-order valence-corrected chi connectivity index (χ0v) is 21.4. The van der Waals surface area contributed by atoms with Gasteiger partial charge in [-0.2, -0.15) is 23.7 Å². The van der Waals surface area contributed by atoms with Crippen LogP contribution < -0.4 is 10.1 Å². The minimum atomic E-state index is -3.29. The zero-order valence-electron chi connectivity index (χ0n) is 20.6. The minimum Gasteiger partial charge on any atom is -0.442 e. The second-order valence-electron chi connectivity index (χ2n) is 9.12. The average Bonchev–Trinajstić information content (AvgIpc) is 3.40. The van der Waals surface area contributed by atoms with E-state index in [1.165, 1.54) is 23.1 Å². The van der Waals surface area contributed by atoms with Gasteiger partial charge in [0.15, 0.2) is 0 Å². The van der Waals surface area contributed by atoms with Crippen molar-refractivity contribution in [2.75, 3.05) is 11.2 Å². The van der Waals surface area contributed by atoms with Crippen LogP contribution in [0.4, 0.5) is 23.7 Å². The van der Waals surface area contributed by atoms with Gasteiger partial charge in [0.05, 0.1) is 29.2 Å². The van der Waals surface area contributed by atoms with Crippen LogP contribution in [0.2, 0.25) is 0 Å². The number of aryl methyl sites for hydroxylation is 1. The molecule has 4 aromatic rings. The van der Waals surface area contributed by atoms with E-state index in [1.54, 1.807) is 34.0 Å². The SMILES string of the molecule is Cn1cc(-c2nn(C(=O)OC(C)(C)C)c3cnc(-c4c(F)cc(NC(=O)CCl)cc4OC(F)F)cc23)cn1. The van der Waals surface area contributed by atoms with Crippen LogP contribution in [0.5, 0.6) is 5.75 Å². The standard InChI is InChI=1S/C24H22ClF3N6O4/c1-24(2,3)38-23(36)34-17-10-29-16(7-14(17)21(32-34)12-9-30-33(4)11-12)20-15(26)5-13(31-19(35)8-25)6-18(20)37-22(27)28/h5-7,9-11,22H,8H2,1-4H3,(H,31,35). The molecule has 0 fully saturated rings. The number of aromatic nitrogens is 5. The number of carbonyl (C=O) groups is 2. The van der Waals surface area contributed by atoms with E-state index in [0.29, 0.717) is 16.6 Å². The third kappa shape index (κ3) is 5.72. The lowest BCUT2D eigenvalue weighted by Gasteiger charge is -2.19. The van der Waals surface area contributed by atoms with Crippen LogP contribution in [0.25, 0.3) is 33.4 Å². The summed E-state index contributed by atoms with van der Waals surface area (Å²) in [6.07, 6.45) is 3.64. The Bertz CT molecular complexity index is 1530. The van der Waals surface area contributed by atoms with Gasteiger partial charge in [-0.3, -0.25) is 14.5 Å². The number of pyridine rings is 1. The van der Waals surface area contributed by atoms with E-state index in [0.717, 1.165) is 16.8 Å². The highest BCUT2D eigenvalue weighted by Gasteiger charge is 2.26. The molecule has 0 radical (unpaired) electrons. The van der Waals surface area contributed by atoms with E-state index in [1.807, 2.05) is 0 Å². The normalized spacial score (nSPS) is 11.7. The molecule has 38 heavy (non-hydrogen) atoms. The first kappa shape index (κ1) is 26.9. The Morgan fingerprint density at radius 2 is 1.92 bits per heavy atom. The quantitative estimate of drug-likeness (QED) is 0.328. The first-order valence-corrected chi connectivity index (χ1v) is 11.7. The van der Waals surface area contributed by atoms with Gasteiger partial charge in [-0.1, -0.05) is 0 Å². The number of halogens is 4. The van der Waals surface area contributed by atoms with Gasteiger partial charge in [-0.05, 0) is 32.9 Å². The summed E-state index contributed by atoms with van der Waals surface area (Å²) < 4.78 is 54.3. The van der Waals surface area contributed by atoms with Crippen LogP contribution in [0.15, 0.2) is 36.8 Å². The van der Waals surface area contributed by atoms with Gasteiger partial charge < -0.3 is 14.8 Å². The van der Waals surface area contributed by atoms with Crippen LogP contribution in [-0.2, 0) is 16.6 Å². The summed E-state index contributed by atoms with van der Waals surface area (Å²) in [5.74, 6) is -2.66. The van der Waals surface area contributed by atoms with Gasteiger partial charge in [-0.25, -0.2) is 9.18 Å². The van der Waals surface area contributed by atoms with Crippen molar-refractivity contribution in [3.05, 3.63) is 42.6 Å². The first-order chi connectivity index (χ1) is 17.9. The molecule has 0 atom stereocenters. The predicted octanol–water partition coefficient (Wildman–Crippen LogP) is 5.20. The molecule has 0 saturated carbocycles. The molecule has 0 bridgehead atoms. The molecule has 1 N–H and O–H groups in total. The second-order valence-corrected chi connectivity index (χ2v) is 9.39. The molecular weight excluding hydrogens is 529 g/mol. The lowest BCUT2D eigenvalue weighted by molar-refractivity contribution is -0.113. The summed E-state index contributed by atoms with van der Waals surface area (Å²) in [5.41, 5.74) is -0.381. The van der Waals surface area contributed by atoms with E-state index in [2.05, 4.69) is 25.2 Å². The largest absolute Gasteiger partial charge is 0.442 e. The predicted molar refractivity (Wildman–Crippen MR) is 133 cm³/mol. The Balaban J connectivity index is 1.91. The van der Waals surface area contributed by atoms with Crippen LogP contribution in [0.3, 0.4) is 0 Å². The Morgan fingerprint density at radius 3 is 2.53 bits per heavy atom. The smallest absolute Gasteiger partial charge is 0.435 e. The molecule has 1 aromatic carbocycles. The fraction of sp³-hybridized carbons (Fsp3) is 0.292. The third-order valence-electron chi connectivity index (χ3n) is 5.04. The fourth-order valence-corrected chi connectivity index (χ4v) is 3.70. The van der Waals surface area contributed by atoms with Crippen molar-refractivity contribution in [2.24, 2.45) is 7.05 Å². The molecule has 3 aromatic heterocycles. The summed E-state index contributed by atoms with van der Waals surface area (Å²) in [5, 5.41) is 11.1. The molecule has 200 valence electrons. The number of ether oxygens (including phenoxy) is 2. The number of alkyl halides is 3. The average molecular weight is 551 g/mol. The number of carbonyl (C=O) groups excluding carboxylic acids is 2. The zero-order chi connectivity index (χ0) is 27.8. The maximum atomic E-state index is 15.3. The van der Waals surface area contributed by atoms with E-state index in [9.17, 15) is 18.4 Å². The van der Waals surface area contributed by atoms with Crippen LogP contribution in [0.1, 0.15) is 20.8 Å². The molecule has 0 spiro atoms. The van der Waals surface area contributed by atoms with Gasteiger partial charge >= 0.3 is 12.7 Å².